The molecular formula is C63H97NO24. The first-order valence-corrected chi connectivity index (χ1v) is 30.7. The van der Waals surface area contributed by atoms with E-state index >= 15 is 0 Å². The summed E-state index contributed by atoms with van der Waals surface area (Å²) in [5, 5.41) is 2.58. The second-order valence-corrected chi connectivity index (χ2v) is 22.0. The summed E-state index contributed by atoms with van der Waals surface area (Å²) in [6.07, 6.45) is 1.95. The van der Waals surface area contributed by atoms with Crippen LogP contribution in [0.5, 0.6) is 0 Å². The Morgan fingerprint density at radius 1 is 0.284 bits per heavy atom. The Morgan fingerprint density at radius 3 is 0.636 bits per heavy atom. The van der Waals surface area contributed by atoms with Gasteiger partial charge in [0.25, 0.3) is 0 Å². The Morgan fingerprint density at radius 2 is 0.455 bits per heavy atom. The molecule has 0 saturated heterocycles. The summed E-state index contributed by atoms with van der Waals surface area (Å²) in [6, 6.07) is 2.77. The molecule has 0 saturated carbocycles. The lowest BCUT2D eigenvalue weighted by molar-refractivity contribution is -0.173. The molecule has 1 rings (SSSR count). The first-order valence-electron chi connectivity index (χ1n) is 30.7. The Kier molecular flexibility index (Phi) is 39.5. The minimum atomic E-state index is -1.61. The van der Waals surface area contributed by atoms with Crippen LogP contribution >= 0.6 is 0 Å². The van der Waals surface area contributed by atoms with Crippen molar-refractivity contribution in [3.63, 3.8) is 0 Å². The lowest BCUT2D eigenvalue weighted by atomic mass is 9.91. The Labute approximate surface area is 517 Å². The summed E-state index contributed by atoms with van der Waals surface area (Å²) in [5.74, 6) is -7.36. The molecule has 1 aromatic rings. The van der Waals surface area contributed by atoms with Crippen molar-refractivity contribution in [3.05, 3.63) is 28.8 Å². The zero-order valence-electron chi connectivity index (χ0n) is 53.6. The molecule has 0 aliphatic carbocycles. The normalized spacial score (nSPS) is 11.2. The van der Waals surface area contributed by atoms with E-state index in [9.17, 15) is 57.5 Å². The summed E-state index contributed by atoms with van der Waals surface area (Å²) >= 11 is 0. The predicted molar refractivity (Wildman–Crippen MR) is 316 cm³/mol. The van der Waals surface area contributed by atoms with E-state index in [0.717, 1.165) is 0 Å². The number of esters is 11. The molecule has 1 aromatic carbocycles. The van der Waals surface area contributed by atoms with E-state index < -0.39 is 180 Å². The number of amides is 1. The van der Waals surface area contributed by atoms with E-state index in [1.165, 1.54) is 12.1 Å². The molecular weight excluding hydrogens is 1150 g/mol. The van der Waals surface area contributed by atoms with Crippen LogP contribution in [-0.2, 0) is 122 Å². The van der Waals surface area contributed by atoms with Crippen LogP contribution in [0.1, 0.15) is 195 Å². The van der Waals surface area contributed by atoms with Crippen molar-refractivity contribution < 1.29 is 114 Å². The van der Waals surface area contributed by atoms with Crippen LogP contribution in [0.25, 0.3) is 0 Å². The van der Waals surface area contributed by atoms with E-state index in [4.69, 9.17) is 56.8 Å². The van der Waals surface area contributed by atoms with Gasteiger partial charge in [-0.05, 0) is 93.5 Å². The lowest BCUT2D eigenvalue weighted by Crippen LogP contribution is -2.44. The molecule has 25 nitrogen and oxygen atoms in total. The SMILES string of the molecule is CCCC(=O)OCC(COC(=O)CCC)(COC(=O)CCC)COC(=O)Cc1cc(NC(=O)OCC(COC(=O)CCC)(COC(=O)CCC)COC(=O)CCC)cc(CC(=O)OCC(COC(=O)CCC)(COC(=O)CCC)COC(=O)CCC)c1C. The number of hydrogen-bond donors (Lipinski definition) is 1. The summed E-state index contributed by atoms with van der Waals surface area (Å²) in [7, 11) is 0. The Balaban J connectivity index is 4.05. The third-order valence-electron chi connectivity index (χ3n) is 13.1. The van der Waals surface area contributed by atoms with Gasteiger partial charge in [-0.25, -0.2) is 4.79 Å². The van der Waals surface area contributed by atoms with Gasteiger partial charge in [0.2, 0.25) is 0 Å². The largest absolute Gasteiger partial charge is 0.465 e. The monoisotopic (exact) mass is 1250 g/mol. The van der Waals surface area contributed by atoms with E-state index in [1.54, 1.807) is 69.2 Å². The van der Waals surface area contributed by atoms with Gasteiger partial charge in [-0.1, -0.05) is 62.3 Å². The standard InChI is InChI=1S/C63H97NO24/c1-11-20-49(65)77-33-61(34-78-50(66)21-12-2,35-79-51(67)22-13-3)42-86-58(74)31-46-29-48(64-60(76)88-44-63(39-83-55(71)26-17-7,40-84-56(72)27-18-8)41-85-57(73)28-19-9)30-47(45(46)10)32-59(75)87-43-62(36-80-52(68)23-14-4,37-81-53(69)24-15-5)38-82-54(70)25-16-6/h29-30H,11-28,31-44H2,1-10H3,(H,64,76). The van der Waals surface area contributed by atoms with Gasteiger partial charge in [0, 0.05) is 63.5 Å². The highest BCUT2D eigenvalue weighted by Crippen LogP contribution is 2.29. The molecule has 498 valence electrons. The first kappa shape index (κ1) is 78.7. The fraction of sp³-hybridized carbons (Fsp3) is 0.714. The van der Waals surface area contributed by atoms with Crippen molar-refractivity contribution in [2.45, 2.75) is 198 Å². The van der Waals surface area contributed by atoms with Gasteiger partial charge in [-0.2, -0.15) is 0 Å². The van der Waals surface area contributed by atoms with E-state index in [-0.39, 0.29) is 74.6 Å². The van der Waals surface area contributed by atoms with Gasteiger partial charge < -0.3 is 56.8 Å². The van der Waals surface area contributed by atoms with Gasteiger partial charge in [-0.3, -0.25) is 58.1 Å². The van der Waals surface area contributed by atoms with Crippen molar-refractivity contribution in [3.8, 4) is 0 Å². The Hall–Kier alpha value is -7.34. The second kappa shape index (κ2) is 44.1. The average Bonchev–Trinajstić information content (AvgIpc) is 3.66. The Bertz CT molecular complexity index is 2120. The zero-order valence-corrected chi connectivity index (χ0v) is 53.6. The number of ether oxygens (including phenoxy) is 12. The number of rotatable bonds is 47. The van der Waals surface area contributed by atoms with Crippen molar-refractivity contribution >= 4 is 77.4 Å². The number of nitrogens with one attached hydrogen (secondary N) is 1. The molecule has 0 heterocycles. The summed E-state index contributed by atoms with van der Waals surface area (Å²) in [4.78, 5) is 157. The van der Waals surface area contributed by atoms with Crippen LogP contribution in [-0.4, -0.2) is 151 Å². The quantitative estimate of drug-likeness (QED) is 0.0470. The smallest absolute Gasteiger partial charge is 0.411 e. The van der Waals surface area contributed by atoms with Gasteiger partial charge >= 0.3 is 71.8 Å². The fourth-order valence-corrected chi connectivity index (χ4v) is 7.87. The molecule has 0 radical (unpaired) electrons. The highest BCUT2D eigenvalue weighted by molar-refractivity contribution is 5.86. The zero-order chi connectivity index (χ0) is 66.0. The molecule has 0 bridgehead atoms. The molecule has 0 atom stereocenters. The summed E-state index contributed by atoms with van der Waals surface area (Å²) < 4.78 is 67.3. The topological polar surface area (TPSA) is 328 Å². The molecule has 25 heteroatoms. The molecule has 88 heavy (non-hydrogen) atoms. The molecule has 0 aliphatic rings. The van der Waals surface area contributed by atoms with E-state index in [2.05, 4.69) is 5.32 Å². The second-order valence-electron chi connectivity index (χ2n) is 22.0. The maximum atomic E-state index is 14.2. The van der Waals surface area contributed by atoms with Crippen LogP contribution < -0.4 is 5.32 Å². The van der Waals surface area contributed by atoms with Crippen LogP contribution in [0, 0.1) is 23.2 Å². The molecule has 0 spiro atoms. The summed E-state index contributed by atoms with van der Waals surface area (Å²) in [6.45, 7) is 11.1. The first-order chi connectivity index (χ1) is 41.9. The fourth-order valence-electron chi connectivity index (χ4n) is 7.87. The van der Waals surface area contributed by atoms with Gasteiger partial charge in [-0.15, -0.1) is 0 Å². The minimum Gasteiger partial charge on any atom is -0.465 e. The maximum Gasteiger partial charge on any atom is 0.411 e. The number of carbonyl (C=O) groups is 12. The van der Waals surface area contributed by atoms with Crippen LogP contribution in [0.4, 0.5) is 10.5 Å². The minimum absolute atomic E-state index is 0.0262. The van der Waals surface area contributed by atoms with Gasteiger partial charge in [0.15, 0.2) is 0 Å². The van der Waals surface area contributed by atoms with Crippen molar-refractivity contribution in [2.24, 2.45) is 16.2 Å². The molecule has 1 amide bonds. The summed E-state index contributed by atoms with van der Waals surface area (Å²) in [5.41, 5.74) is -4.19. The van der Waals surface area contributed by atoms with Crippen molar-refractivity contribution in [2.75, 3.05) is 84.6 Å². The number of benzene rings is 1. The molecule has 0 unspecified atom stereocenters. The average molecular weight is 1250 g/mol. The third-order valence-corrected chi connectivity index (χ3v) is 13.1. The third kappa shape index (κ3) is 33.1. The van der Waals surface area contributed by atoms with Crippen LogP contribution in [0.2, 0.25) is 0 Å². The maximum absolute atomic E-state index is 14.2. The molecule has 1 N–H and O–H groups in total. The van der Waals surface area contributed by atoms with Crippen LogP contribution in [0.15, 0.2) is 12.1 Å². The predicted octanol–water partition coefficient (Wildman–Crippen LogP) is 8.76. The van der Waals surface area contributed by atoms with Crippen molar-refractivity contribution in [1.29, 1.82) is 0 Å². The molecule has 0 aromatic heterocycles. The number of carbonyl (C=O) groups excluding carboxylic acids is 12. The number of anilines is 1. The van der Waals surface area contributed by atoms with Crippen molar-refractivity contribution in [1.82, 2.24) is 0 Å². The molecule has 0 aliphatic heterocycles. The van der Waals surface area contributed by atoms with Gasteiger partial charge in [0.1, 0.15) is 95.5 Å². The highest BCUT2D eigenvalue weighted by Gasteiger charge is 2.41. The lowest BCUT2D eigenvalue weighted by Gasteiger charge is -2.32. The number of hydrogen-bond acceptors (Lipinski definition) is 24. The van der Waals surface area contributed by atoms with E-state index in [0.29, 0.717) is 63.4 Å². The van der Waals surface area contributed by atoms with Gasteiger partial charge in [0.05, 0.1) is 12.8 Å². The molecule has 0 fully saturated rings. The van der Waals surface area contributed by atoms with E-state index in [1.807, 2.05) is 0 Å². The van der Waals surface area contributed by atoms with Crippen LogP contribution in [0.3, 0.4) is 0 Å². The highest BCUT2D eigenvalue weighted by atomic mass is 16.6.